The van der Waals surface area contributed by atoms with Gasteiger partial charge in [-0.3, -0.25) is 19.4 Å². The minimum Gasteiger partial charge on any atom is -0.368 e. The van der Waals surface area contributed by atoms with Crippen molar-refractivity contribution in [2.45, 2.75) is 45.7 Å². The highest BCUT2D eigenvalue weighted by Gasteiger charge is 2.30. The molecule has 0 spiro atoms. The van der Waals surface area contributed by atoms with Crippen molar-refractivity contribution in [3.05, 3.63) is 28.5 Å². The van der Waals surface area contributed by atoms with Gasteiger partial charge in [0.1, 0.15) is 12.1 Å². The molecule has 0 aromatic carbocycles. The number of amides is 3. The second kappa shape index (κ2) is 9.36. The van der Waals surface area contributed by atoms with E-state index in [0.29, 0.717) is 23.5 Å². The average Bonchev–Trinajstić information content (AvgIpc) is 2.53. The number of aryl methyl sites for hydroxylation is 1. The van der Waals surface area contributed by atoms with Crippen molar-refractivity contribution >= 4 is 29.8 Å². The van der Waals surface area contributed by atoms with E-state index in [4.69, 9.17) is 17.3 Å². The molecule has 0 saturated carbocycles. The van der Waals surface area contributed by atoms with E-state index in [1.54, 1.807) is 13.0 Å². The number of pyridine rings is 1. The lowest BCUT2D eigenvalue weighted by Crippen LogP contribution is -2.53. The first-order chi connectivity index (χ1) is 11.7. The van der Waals surface area contributed by atoms with E-state index in [2.05, 4.69) is 10.3 Å². The molecule has 1 rings (SSSR count). The normalized spacial score (nSPS) is 13.2. The summed E-state index contributed by atoms with van der Waals surface area (Å²) in [4.78, 5) is 40.9. The van der Waals surface area contributed by atoms with Gasteiger partial charge in [-0.25, -0.2) is 0 Å². The minimum absolute atomic E-state index is 0.196. The van der Waals surface area contributed by atoms with Crippen LogP contribution in [0.5, 0.6) is 0 Å². The summed E-state index contributed by atoms with van der Waals surface area (Å²) in [5.41, 5.74) is 6.96. The van der Waals surface area contributed by atoms with E-state index in [0.717, 1.165) is 5.56 Å². The molecule has 0 aliphatic rings. The van der Waals surface area contributed by atoms with Crippen LogP contribution in [-0.2, 0) is 20.8 Å². The van der Waals surface area contributed by atoms with Gasteiger partial charge in [-0.2, -0.15) is 0 Å². The van der Waals surface area contributed by atoms with Crippen LogP contribution in [-0.4, -0.2) is 47.2 Å². The Morgan fingerprint density at radius 3 is 2.60 bits per heavy atom. The van der Waals surface area contributed by atoms with E-state index in [1.807, 2.05) is 13.8 Å². The van der Waals surface area contributed by atoms with Crippen LogP contribution in [0.1, 0.15) is 31.5 Å². The fourth-order valence-electron chi connectivity index (χ4n) is 2.59. The Morgan fingerprint density at radius 1 is 1.44 bits per heavy atom. The van der Waals surface area contributed by atoms with E-state index < -0.39 is 18.0 Å². The molecule has 0 aliphatic carbocycles. The molecular weight excluding hydrogens is 344 g/mol. The van der Waals surface area contributed by atoms with Crippen molar-refractivity contribution < 1.29 is 14.4 Å². The minimum atomic E-state index is -0.866. The maximum absolute atomic E-state index is 12.7. The molecule has 0 bridgehead atoms. The maximum atomic E-state index is 12.7. The van der Waals surface area contributed by atoms with E-state index in [9.17, 15) is 14.4 Å². The van der Waals surface area contributed by atoms with Crippen molar-refractivity contribution in [2.24, 2.45) is 11.7 Å². The highest BCUT2D eigenvalue weighted by Crippen LogP contribution is 2.17. The lowest BCUT2D eigenvalue weighted by molar-refractivity contribution is -0.140. The Morgan fingerprint density at radius 2 is 2.08 bits per heavy atom. The fraction of sp³-hybridized carbons (Fsp3) is 0.529. The monoisotopic (exact) mass is 368 g/mol. The molecule has 0 unspecified atom stereocenters. The van der Waals surface area contributed by atoms with E-state index in [1.165, 1.54) is 18.1 Å². The van der Waals surface area contributed by atoms with Crippen molar-refractivity contribution in [1.82, 2.24) is 15.2 Å². The Bertz CT molecular complexity index is 636. The standard InChI is InChI=1S/C17H25ClN4O3/c1-10(2)5-14(21-9-23)17(25)22(4)15(16(19)24)7-12-6-13(18)8-20-11(12)3/h6,8-10,14-15H,5,7H2,1-4H3,(H2,19,24)(H,21,23)/t14-,15-/m0/s1. The first-order valence-corrected chi connectivity index (χ1v) is 8.41. The number of nitrogens with two attached hydrogens (primary N) is 1. The molecule has 0 radical (unpaired) electrons. The summed E-state index contributed by atoms with van der Waals surface area (Å²) in [7, 11) is 1.50. The molecule has 3 N–H and O–H groups in total. The average molecular weight is 369 g/mol. The van der Waals surface area contributed by atoms with Crippen LogP contribution in [0.25, 0.3) is 0 Å². The number of carbonyl (C=O) groups excluding carboxylic acids is 3. The second-order valence-electron chi connectivity index (χ2n) is 6.44. The highest BCUT2D eigenvalue weighted by molar-refractivity contribution is 6.30. The number of nitrogens with one attached hydrogen (secondary N) is 1. The quantitative estimate of drug-likeness (QED) is 0.635. The summed E-state index contributed by atoms with van der Waals surface area (Å²) in [5.74, 6) is -0.803. The van der Waals surface area contributed by atoms with Crippen LogP contribution in [0.4, 0.5) is 0 Å². The summed E-state index contributed by atoms with van der Waals surface area (Å²) < 4.78 is 0. The molecule has 0 aliphatic heterocycles. The van der Waals surface area contributed by atoms with Crippen LogP contribution in [0.15, 0.2) is 12.3 Å². The Balaban J connectivity index is 3.03. The Hall–Kier alpha value is -2.15. The lowest BCUT2D eigenvalue weighted by atomic mass is 9.99. The predicted molar refractivity (Wildman–Crippen MR) is 95.9 cm³/mol. The molecule has 7 nitrogen and oxygen atoms in total. The van der Waals surface area contributed by atoms with E-state index >= 15 is 0 Å². The molecule has 1 aromatic heterocycles. The lowest BCUT2D eigenvalue weighted by Gasteiger charge is -2.30. The number of aromatic nitrogens is 1. The largest absolute Gasteiger partial charge is 0.368 e. The summed E-state index contributed by atoms with van der Waals surface area (Å²) in [6.45, 7) is 5.68. The number of primary amides is 1. The highest BCUT2D eigenvalue weighted by atomic mass is 35.5. The van der Waals surface area contributed by atoms with Crippen LogP contribution in [0.3, 0.4) is 0 Å². The fourth-order valence-corrected chi connectivity index (χ4v) is 2.77. The number of hydrogen-bond acceptors (Lipinski definition) is 4. The zero-order chi connectivity index (χ0) is 19.1. The molecule has 0 fully saturated rings. The van der Waals surface area contributed by atoms with Crippen molar-refractivity contribution in [3.8, 4) is 0 Å². The molecule has 1 aromatic rings. The zero-order valence-corrected chi connectivity index (χ0v) is 15.7. The van der Waals surface area contributed by atoms with Crippen LogP contribution in [0.2, 0.25) is 5.02 Å². The number of halogens is 1. The van der Waals surface area contributed by atoms with Gasteiger partial charge in [0.25, 0.3) is 0 Å². The first-order valence-electron chi connectivity index (χ1n) is 8.04. The van der Waals surface area contributed by atoms with Gasteiger partial charge in [0.15, 0.2) is 0 Å². The number of carbonyl (C=O) groups is 3. The second-order valence-corrected chi connectivity index (χ2v) is 6.87. The van der Waals surface area contributed by atoms with Crippen molar-refractivity contribution in [2.75, 3.05) is 7.05 Å². The molecular formula is C17H25ClN4O3. The molecule has 138 valence electrons. The van der Waals surface area contributed by atoms with Gasteiger partial charge in [0.2, 0.25) is 18.2 Å². The van der Waals surface area contributed by atoms with Gasteiger partial charge >= 0.3 is 0 Å². The van der Waals surface area contributed by atoms with Gasteiger partial charge in [-0.05, 0) is 30.9 Å². The van der Waals surface area contributed by atoms with Crippen LogP contribution < -0.4 is 11.1 Å². The summed E-state index contributed by atoms with van der Waals surface area (Å²) >= 11 is 5.96. The number of nitrogens with zero attached hydrogens (tertiary/aromatic N) is 2. The molecule has 25 heavy (non-hydrogen) atoms. The third-order valence-corrected chi connectivity index (χ3v) is 4.20. The third kappa shape index (κ3) is 6.01. The Labute approximate surface area is 152 Å². The molecule has 8 heteroatoms. The number of likely N-dealkylation sites (N-methyl/N-ethyl adjacent to an activating group) is 1. The van der Waals surface area contributed by atoms with Gasteiger partial charge < -0.3 is 16.0 Å². The topological polar surface area (TPSA) is 105 Å². The smallest absolute Gasteiger partial charge is 0.245 e. The SMILES string of the molecule is Cc1ncc(Cl)cc1C[C@@H](C(N)=O)N(C)C(=O)[C@H](CC(C)C)NC=O. The first kappa shape index (κ1) is 20.9. The summed E-state index contributed by atoms with van der Waals surface area (Å²) in [6.07, 6.45) is 2.67. The van der Waals surface area contributed by atoms with Gasteiger partial charge in [-0.15, -0.1) is 0 Å². The van der Waals surface area contributed by atoms with E-state index in [-0.39, 0.29) is 18.2 Å². The summed E-state index contributed by atoms with van der Waals surface area (Å²) in [6, 6.07) is 0.130. The van der Waals surface area contributed by atoms with Crippen LogP contribution >= 0.6 is 11.6 Å². The molecule has 1 heterocycles. The number of rotatable bonds is 9. The van der Waals surface area contributed by atoms with Gasteiger partial charge in [-0.1, -0.05) is 25.4 Å². The number of hydrogen-bond donors (Lipinski definition) is 2. The molecule has 3 amide bonds. The van der Waals surface area contributed by atoms with Crippen molar-refractivity contribution in [3.63, 3.8) is 0 Å². The van der Waals surface area contributed by atoms with Crippen molar-refractivity contribution in [1.29, 1.82) is 0 Å². The van der Waals surface area contributed by atoms with Crippen LogP contribution in [0, 0.1) is 12.8 Å². The Kier molecular flexibility index (Phi) is 7.83. The zero-order valence-electron chi connectivity index (χ0n) is 15.0. The predicted octanol–water partition coefficient (Wildman–Crippen LogP) is 1.06. The molecule has 0 saturated heterocycles. The van der Waals surface area contributed by atoms with Gasteiger partial charge in [0.05, 0.1) is 5.02 Å². The maximum Gasteiger partial charge on any atom is 0.245 e. The van der Waals surface area contributed by atoms with Gasteiger partial charge in [0, 0.05) is 25.4 Å². The summed E-state index contributed by atoms with van der Waals surface area (Å²) in [5, 5.41) is 2.96. The molecule has 2 atom stereocenters. The third-order valence-electron chi connectivity index (χ3n) is 3.99.